The Kier molecular flexibility index (Phi) is 6.04. The number of hydrogen-bond acceptors (Lipinski definition) is 6. The van der Waals surface area contributed by atoms with E-state index < -0.39 is 0 Å². The minimum absolute atomic E-state index is 0.226. The first-order chi connectivity index (χ1) is 12.1. The molecule has 25 heavy (non-hydrogen) atoms. The first-order valence-electron chi connectivity index (χ1n) is 9.02. The van der Waals surface area contributed by atoms with Crippen molar-refractivity contribution in [2.24, 2.45) is 5.92 Å². The third-order valence-corrected chi connectivity index (χ3v) is 4.33. The molecule has 2 heterocycles. The fourth-order valence-corrected chi connectivity index (χ4v) is 3.14. The molecule has 2 aromatic rings. The minimum Gasteiger partial charge on any atom is -0.508 e. The second-order valence-corrected chi connectivity index (χ2v) is 7.14. The van der Waals surface area contributed by atoms with Crippen LogP contribution in [0.3, 0.4) is 0 Å². The van der Waals surface area contributed by atoms with Crippen LogP contribution in [-0.4, -0.2) is 39.4 Å². The summed E-state index contributed by atoms with van der Waals surface area (Å²) in [5, 5.41) is 14.2. The average Bonchev–Trinajstić information content (AvgIpc) is 3.21. The summed E-state index contributed by atoms with van der Waals surface area (Å²) in [5.74, 6) is 2.18. The van der Waals surface area contributed by atoms with E-state index in [-0.39, 0.29) is 6.10 Å². The van der Waals surface area contributed by atoms with Crippen LogP contribution in [0.2, 0.25) is 0 Å². The van der Waals surface area contributed by atoms with Gasteiger partial charge in [0.2, 0.25) is 5.89 Å². The number of aromatic hydroxyl groups is 1. The summed E-state index contributed by atoms with van der Waals surface area (Å²) >= 11 is 0. The van der Waals surface area contributed by atoms with Gasteiger partial charge in [-0.25, -0.2) is 0 Å². The van der Waals surface area contributed by atoms with E-state index >= 15 is 0 Å². The summed E-state index contributed by atoms with van der Waals surface area (Å²) in [4.78, 5) is 6.71. The van der Waals surface area contributed by atoms with Gasteiger partial charge in [-0.2, -0.15) is 4.98 Å². The molecule has 0 amide bonds. The van der Waals surface area contributed by atoms with E-state index in [0.717, 1.165) is 43.8 Å². The van der Waals surface area contributed by atoms with E-state index in [4.69, 9.17) is 9.26 Å². The molecule has 3 rings (SSSR count). The van der Waals surface area contributed by atoms with Crippen LogP contribution < -0.4 is 0 Å². The lowest BCUT2D eigenvalue weighted by molar-refractivity contribution is 0.0637. The number of hydrogen-bond donors (Lipinski definition) is 1. The summed E-state index contributed by atoms with van der Waals surface area (Å²) < 4.78 is 11.2. The molecule has 1 aromatic heterocycles. The molecule has 1 saturated heterocycles. The molecule has 1 aromatic carbocycles. The molecule has 1 aliphatic rings. The van der Waals surface area contributed by atoms with E-state index in [9.17, 15) is 5.11 Å². The highest BCUT2D eigenvalue weighted by Crippen LogP contribution is 2.21. The zero-order valence-corrected chi connectivity index (χ0v) is 15.0. The van der Waals surface area contributed by atoms with Crippen molar-refractivity contribution >= 4 is 0 Å². The van der Waals surface area contributed by atoms with Gasteiger partial charge in [0.25, 0.3) is 0 Å². The van der Waals surface area contributed by atoms with Crippen LogP contribution in [0.1, 0.15) is 44.0 Å². The van der Waals surface area contributed by atoms with Crippen LogP contribution in [0.15, 0.2) is 28.8 Å². The SMILES string of the molecule is CC(C)Cc1noc(CN(Cc2ccccc2O)CC2CCCO2)n1. The molecule has 0 saturated carbocycles. The number of para-hydroxylation sites is 1. The minimum atomic E-state index is 0.226. The Hall–Kier alpha value is -1.92. The van der Waals surface area contributed by atoms with Gasteiger partial charge in [-0.15, -0.1) is 0 Å². The van der Waals surface area contributed by atoms with Gasteiger partial charge in [0.05, 0.1) is 12.6 Å². The van der Waals surface area contributed by atoms with Crippen molar-refractivity contribution in [1.82, 2.24) is 15.0 Å². The maximum Gasteiger partial charge on any atom is 0.240 e. The summed E-state index contributed by atoms with van der Waals surface area (Å²) in [5.41, 5.74) is 0.891. The van der Waals surface area contributed by atoms with Crippen LogP contribution in [0.25, 0.3) is 0 Å². The second-order valence-electron chi connectivity index (χ2n) is 7.14. The average molecular weight is 345 g/mol. The lowest BCUT2D eigenvalue weighted by Gasteiger charge is -2.24. The Balaban J connectivity index is 1.69. The first-order valence-corrected chi connectivity index (χ1v) is 9.02. The highest BCUT2D eigenvalue weighted by atomic mass is 16.5. The van der Waals surface area contributed by atoms with Crippen LogP contribution in [0.5, 0.6) is 5.75 Å². The van der Waals surface area contributed by atoms with Gasteiger partial charge >= 0.3 is 0 Å². The van der Waals surface area contributed by atoms with Gasteiger partial charge in [0, 0.05) is 31.7 Å². The van der Waals surface area contributed by atoms with Crippen molar-refractivity contribution in [3.8, 4) is 5.75 Å². The lowest BCUT2D eigenvalue weighted by atomic mass is 10.1. The van der Waals surface area contributed by atoms with Crippen LogP contribution in [0.4, 0.5) is 0 Å². The quantitative estimate of drug-likeness (QED) is 0.792. The molecule has 1 N–H and O–H groups in total. The highest BCUT2D eigenvalue weighted by molar-refractivity contribution is 5.31. The van der Waals surface area contributed by atoms with E-state index in [0.29, 0.717) is 30.6 Å². The van der Waals surface area contributed by atoms with Crippen molar-refractivity contribution in [2.75, 3.05) is 13.2 Å². The summed E-state index contributed by atoms with van der Waals surface area (Å²) in [6, 6.07) is 7.43. The third-order valence-electron chi connectivity index (χ3n) is 4.33. The molecule has 1 atom stereocenters. The lowest BCUT2D eigenvalue weighted by Crippen LogP contribution is -2.31. The van der Waals surface area contributed by atoms with Gasteiger partial charge in [-0.3, -0.25) is 4.90 Å². The fraction of sp³-hybridized carbons (Fsp3) is 0.579. The van der Waals surface area contributed by atoms with E-state index in [1.165, 1.54) is 0 Å². The van der Waals surface area contributed by atoms with Crippen LogP contribution >= 0.6 is 0 Å². The first kappa shape index (κ1) is 17.9. The number of rotatable bonds is 8. The monoisotopic (exact) mass is 345 g/mol. The number of phenolic OH excluding ortho intramolecular Hbond substituents is 1. The Bertz CT molecular complexity index is 665. The molecule has 0 aliphatic carbocycles. The highest BCUT2D eigenvalue weighted by Gasteiger charge is 2.22. The summed E-state index contributed by atoms with van der Waals surface area (Å²) in [6.45, 7) is 7.06. The molecule has 1 fully saturated rings. The van der Waals surface area contributed by atoms with Gasteiger partial charge in [0.1, 0.15) is 5.75 Å². The molecule has 1 aliphatic heterocycles. The molecule has 0 radical (unpaired) electrons. The molecular weight excluding hydrogens is 318 g/mol. The smallest absolute Gasteiger partial charge is 0.240 e. The Morgan fingerprint density at radius 2 is 2.12 bits per heavy atom. The van der Waals surface area contributed by atoms with Gasteiger partial charge < -0.3 is 14.4 Å². The normalized spacial score (nSPS) is 17.7. The standard InChI is InChI=1S/C19H27N3O3/c1-14(2)10-18-20-19(25-21-18)13-22(12-16-7-5-9-24-16)11-15-6-3-4-8-17(15)23/h3-4,6,8,14,16,23H,5,7,9-13H2,1-2H3. The van der Waals surface area contributed by atoms with Crippen molar-refractivity contribution in [2.45, 2.75) is 52.3 Å². The summed E-state index contributed by atoms with van der Waals surface area (Å²) in [7, 11) is 0. The van der Waals surface area contributed by atoms with Crippen LogP contribution in [0, 0.1) is 5.92 Å². The van der Waals surface area contributed by atoms with Crippen molar-refractivity contribution in [3.05, 3.63) is 41.5 Å². The summed E-state index contributed by atoms with van der Waals surface area (Å²) in [6.07, 6.45) is 3.21. The second kappa shape index (κ2) is 8.45. The van der Waals surface area contributed by atoms with E-state index in [1.54, 1.807) is 6.07 Å². The number of benzene rings is 1. The van der Waals surface area contributed by atoms with Crippen molar-refractivity contribution < 1.29 is 14.4 Å². The predicted octanol–water partition coefficient (Wildman–Crippen LogP) is 3.15. The Morgan fingerprint density at radius 3 is 2.84 bits per heavy atom. The topological polar surface area (TPSA) is 71.6 Å². The molecule has 0 spiro atoms. The predicted molar refractivity (Wildman–Crippen MR) is 94.0 cm³/mol. The molecule has 0 bridgehead atoms. The number of nitrogens with zero attached hydrogens (tertiary/aromatic N) is 3. The zero-order valence-electron chi connectivity index (χ0n) is 15.0. The maximum absolute atomic E-state index is 10.1. The van der Waals surface area contributed by atoms with Crippen molar-refractivity contribution in [3.63, 3.8) is 0 Å². The van der Waals surface area contributed by atoms with E-state index in [1.807, 2.05) is 18.2 Å². The molecule has 136 valence electrons. The zero-order chi connectivity index (χ0) is 17.6. The molecule has 6 nitrogen and oxygen atoms in total. The number of aromatic nitrogens is 2. The van der Waals surface area contributed by atoms with Gasteiger partial charge in [0.15, 0.2) is 5.82 Å². The third kappa shape index (κ3) is 5.28. The van der Waals surface area contributed by atoms with Crippen molar-refractivity contribution in [1.29, 1.82) is 0 Å². The van der Waals surface area contributed by atoms with E-state index in [2.05, 4.69) is 28.9 Å². The van der Waals surface area contributed by atoms with Gasteiger partial charge in [-0.05, 0) is 24.8 Å². The van der Waals surface area contributed by atoms with Gasteiger partial charge in [-0.1, -0.05) is 37.2 Å². The molecular formula is C19H27N3O3. The Labute approximate surface area is 148 Å². The Morgan fingerprint density at radius 1 is 1.28 bits per heavy atom. The fourth-order valence-electron chi connectivity index (χ4n) is 3.14. The largest absolute Gasteiger partial charge is 0.508 e. The molecule has 6 heteroatoms. The molecule has 1 unspecified atom stereocenters. The number of phenols is 1. The van der Waals surface area contributed by atoms with Crippen LogP contribution in [-0.2, 0) is 24.2 Å². The maximum atomic E-state index is 10.1. The number of ether oxygens (including phenoxy) is 1.